The fraction of sp³-hybridized carbons (Fsp3) is 0.115. The van der Waals surface area contributed by atoms with Crippen molar-refractivity contribution in [3.63, 3.8) is 0 Å². The number of hydrogen-bond acceptors (Lipinski definition) is 6. The van der Waals surface area contributed by atoms with Crippen LogP contribution in [-0.4, -0.2) is 34.9 Å². The number of fused-ring (bicyclic) bond motifs is 1. The fourth-order valence-corrected chi connectivity index (χ4v) is 4.01. The molecule has 0 saturated carbocycles. The van der Waals surface area contributed by atoms with E-state index in [-0.39, 0.29) is 17.9 Å². The molecule has 2 N–H and O–H groups in total. The van der Waals surface area contributed by atoms with Crippen LogP contribution in [-0.2, 0) is 0 Å². The molecule has 0 radical (unpaired) electrons. The van der Waals surface area contributed by atoms with Gasteiger partial charge in [-0.25, -0.2) is 4.68 Å². The van der Waals surface area contributed by atoms with Crippen LogP contribution in [0.4, 0.5) is 11.9 Å². The Kier molecular flexibility index (Phi) is 6.12. The van der Waals surface area contributed by atoms with E-state index < -0.39 is 0 Å². The molecule has 9 heteroatoms. The molecular formula is C26H22ClN5O3. The van der Waals surface area contributed by atoms with Crippen molar-refractivity contribution < 1.29 is 14.3 Å². The van der Waals surface area contributed by atoms with Gasteiger partial charge in [-0.3, -0.25) is 10.1 Å². The van der Waals surface area contributed by atoms with Crippen LogP contribution in [0.25, 0.3) is 5.70 Å². The van der Waals surface area contributed by atoms with E-state index in [0.29, 0.717) is 22.3 Å². The SMILES string of the molecule is COc1ccc([C@@H]2C=C(c3ccc(Cl)cc3)Nc3nc(NC(=O)c4ccccc4OC)nn32)cc1. The van der Waals surface area contributed by atoms with Gasteiger partial charge >= 0.3 is 0 Å². The second-order valence-electron chi connectivity index (χ2n) is 7.79. The highest BCUT2D eigenvalue weighted by molar-refractivity contribution is 6.30. The number of rotatable bonds is 6. The summed E-state index contributed by atoms with van der Waals surface area (Å²) in [7, 11) is 3.15. The van der Waals surface area contributed by atoms with Gasteiger partial charge in [0.1, 0.15) is 17.5 Å². The Morgan fingerprint density at radius 3 is 2.46 bits per heavy atom. The topological polar surface area (TPSA) is 90.3 Å². The van der Waals surface area contributed by atoms with Gasteiger partial charge in [0.25, 0.3) is 11.9 Å². The van der Waals surface area contributed by atoms with Crippen LogP contribution < -0.4 is 20.1 Å². The quantitative estimate of drug-likeness (QED) is 0.385. The lowest BCUT2D eigenvalue weighted by atomic mass is 10.0. The summed E-state index contributed by atoms with van der Waals surface area (Å²) in [5.41, 5.74) is 3.17. The molecule has 1 amide bonds. The van der Waals surface area contributed by atoms with Crippen LogP contribution >= 0.6 is 11.6 Å². The molecule has 3 aromatic carbocycles. The van der Waals surface area contributed by atoms with Crippen LogP contribution in [0.3, 0.4) is 0 Å². The number of nitrogens with one attached hydrogen (secondary N) is 2. The number of ether oxygens (including phenoxy) is 2. The summed E-state index contributed by atoms with van der Waals surface area (Å²) in [4.78, 5) is 17.5. The number of allylic oxidation sites excluding steroid dienone is 1. The number of amides is 1. The molecular weight excluding hydrogens is 466 g/mol. The Balaban J connectivity index is 1.51. The second kappa shape index (κ2) is 9.52. The zero-order valence-corrected chi connectivity index (χ0v) is 19.8. The number of halogens is 1. The van der Waals surface area contributed by atoms with Crippen LogP contribution in [0.5, 0.6) is 11.5 Å². The average Bonchev–Trinajstić information content (AvgIpc) is 3.30. The van der Waals surface area contributed by atoms with Gasteiger partial charge in [-0.15, -0.1) is 5.10 Å². The molecule has 1 aliphatic heterocycles. The fourth-order valence-electron chi connectivity index (χ4n) is 3.88. The Bertz CT molecular complexity index is 1400. The first kappa shape index (κ1) is 22.5. The molecule has 176 valence electrons. The second-order valence-corrected chi connectivity index (χ2v) is 8.22. The Labute approximate surface area is 207 Å². The Morgan fingerprint density at radius 2 is 1.74 bits per heavy atom. The maximum atomic E-state index is 12.9. The van der Waals surface area contributed by atoms with E-state index in [4.69, 9.17) is 21.1 Å². The van der Waals surface area contributed by atoms with Gasteiger partial charge in [-0.1, -0.05) is 48.0 Å². The number of hydrogen-bond donors (Lipinski definition) is 2. The number of anilines is 2. The lowest BCUT2D eigenvalue weighted by Crippen LogP contribution is -2.20. The summed E-state index contributed by atoms with van der Waals surface area (Å²) in [5, 5.41) is 11.3. The number of carbonyl (C=O) groups is 1. The molecule has 0 saturated heterocycles. The van der Waals surface area contributed by atoms with Crippen LogP contribution in [0, 0.1) is 0 Å². The van der Waals surface area contributed by atoms with Gasteiger partial charge < -0.3 is 14.8 Å². The van der Waals surface area contributed by atoms with Crippen LogP contribution in [0.2, 0.25) is 5.02 Å². The minimum atomic E-state index is -0.364. The summed E-state index contributed by atoms with van der Waals surface area (Å²) in [6.45, 7) is 0. The average molecular weight is 488 g/mol. The molecule has 4 aromatic rings. The van der Waals surface area contributed by atoms with E-state index in [0.717, 1.165) is 22.6 Å². The first-order valence-electron chi connectivity index (χ1n) is 10.9. The molecule has 35 heavy (non-hydrogen) atoms. The Morgan fingerprint density at radius 1 is 1.00 bits per heavy atom. The van der Waals surface area contributed by atoms with E-state index in [2.05, 4.69) is 26.8 Å². The maximum Gasteiger partial charge on any atom is 0.261 e. The van der Waals surface area contributed by atoms with E-state index in [1.165, 1.54) is 7.11 Å². The van der Waals surface area contributed by atoms with Crippen molar-refractivity contribution in [1.82, 2.24) is 14.8 Å². The molecule has 0 aliphatic carbocycles. The van der Waals surface area contributed by atoms with E-state index >= 15 is 0 Å². The maximum absolute atomic E-state index is 12.9. The predicted molar refractivity (Wildman–Crippen MR) is 135 cm³/mol. The predicted octanol–water partition coefficient (Wildman–Crippen LogP) is 5.26. The monoisotopic (exact) mass is 487 g/mol. The third kappa shape index (κ3) is 4.56. The van der Waals surface area contributed by atoms with Gasteiger partial charge in [0.05, 0.1) is 19.8 Å². The summed E-state index contributed by atoms with van der Waals surface area (Å²) in [6, 6.07) is 22.0. The summed E-state index contributed by atoms with van der Waals surface area (Å²) < 4.78 is 12.3. The number of para-hydroxylation sites is 1. The third-order valence-corrected chi connectivity index (χ3v) is 5.91. The highest BCUT2D eigenvalue weighted by atomic mass is 35.5. The molecule has 0 spiro atoms. The van der Waals surface area contributed by atoms with Crippen molar-refractivity contribution in [2.75, 3.05) is 24.9 Å². The smallest absolute Gasteiger partial charge is 0.261 e. The standard InChI is InChI=1S/C26H22ClN5O3/c1-34-19-13-9-17(10-14-19)22-15-21(16-7-11-18(27)12-8-16)28-26-30-25(31-32(22)26)29-24(33)20-5-3-4-6-23(20)35-2/h3-15,22H,1-2H3,(H2,28,29,30,31,33)/t22-/m0/s1. The first-order valence-corrected chi connectivity index (χ1v) is 11.2. The molecule has 5 rings (SSSR count). The lowest BCUT2D eigenvalue weighted by Gasteiger charge is -2.24. The van der Waals surface area contributed by atoms with Gasteiger partial charge in [0.15, 0.2) is 0 Å². The normalized spacial score (nSPS) is 14.4. The summed E-state index contributed by atoms with van der Waals surface area (Å²) in [5.74, 6) is 1.53. The molecule has 0 fully saturated rings. The molecule has 1 aromatic heterocycles. The highest BCUT2D eigenvalue weighted by Gasteiger charge is 2.26. The van der Waals surface area contributed by atoms with E-state index in [1.807, 2.05) is 48.5 Å². The molecule has 0 unspecified atom stereocenters. The molecule has 1 atom stereocenters. The third-order valence-electron chi connectivity index (χ3n) is 5.66. The van der Waals surface area contributed by atoms with Gasteiger partial charge in [-0.2, -0.15) is 4.98 Å². The molecule has 2 heterocycles. The van der Waals surface area contributed by atoms with Crippen molar-refractivity contribution in [3.8, 4) is 11.5 Å². The molecule has 1 aliphatic rings. The van der Waals surface area contributed by atoms with E-state index in [1.54, 1.807) is 36.1 Å². The van der Waals surface area contributed by atoms with Crippen molar-refractivity contribution in [2.45, 2.75) is 6.04 Å². The van der Waals surface area contributed by atoms with Gasteiger partial charge in [0, 0.05) is 10.7 Å². The van der Waals surface area contributed by atoms with Crippen molar-refractivity contribution >= 4 is 35.1 Å². The van der Waals surface area contributed by atoms with Crippen molar-refractivity contribution in [2.24, 2.45) is 0 Å². The van der Waals surface area contributed by atoms with Crippen molar-refractivity contribution in [1.29, 1.82) is 0 Å². The number of methoxy groups -OCH3 is 2. The number of benzene rings is 3. The number of aromatic nitrogens is 3. The number of nitrogens with zero attached hydrogens (tertiary/aromatic N) is 3. The van der Waals surface area contributed by atoms with Gasteiger partial charge in [-0.05, 0) is 53.6 Å². The van der Waals surface area contributed by atoms with Crippen molar-refractivity contribution in [3.05, 3.63) is 101 Å². The first-order chi connectivity index (χ1) is 17.1. The van der Waals surface area contributed by atoms with Crippen LogP contribution in [0.1, 0.15) is 27.5 Å². The minimum absolute atomic E-state index is 0.174. The van der Waals surface area contributed by atoms with Gasteiger partial charge in [0.2, 0.25) is 5.95 Å². The summed E-state index contributed by atoms with van der Waals surface area (Å²) >= 11 is 6.08. The lowest BCUT2D eigenvalue weighted by molar-refractivity contribution is 0.102. The molecule has 0 bridgehead atoms. The van der Waals surface area contributed by atoms with E-state index in [9.17, 15) is 4.79 Å². The van der Waals surface area contributed by atoms with Crippen LogP contribution in [0.15, 0.2) is 78.9 Å². The summed E-state index contributed by atoms with van der Waals surface area (Å²) in [6.07, 6.45) is 2.05. The highest BCUT2D eigenvalue weighted by Crippen LogP contribution is 2.34. The zero-order chi connectivity index (χ0) is 24.4. The molecule has 8 nitrogen and oxygen atoms in total. The minimum Gasteiger partial charge on any atom is -0.497 e. The Hall–Kier alpha value is -4.30. The zero-order valence-electron chi connectivity index (χ0n) is 19.0. The largest absolute Gasteiger partial charge is 0.497 e. The number of carbonyl (C=O) groups excluding carboxylic acids is 1.